The minimum atomic E-state index is -0.0580. The van der Waals surface area contributed by atoms with E-state index in [1.807, 2.05) is 42.5 Å². The molecule has 0 amide bonds. The summed E-state index contributed by atoms with van der Waals surface area (Å²) in [6, 6.07) is 17.2. The van der Waals surface area contributed by atoms with Crippen molar-refractivity contribution < 1.29 is 14.3 Å². The van der Waals surface area contributed by atoms with Gasteiger partial charge in [-0.25, -0.2) is 0 Å². The first-order valence-corrected chi connectivity index (χ1v) is 8.47. The quantitative estimate of drug-likeness (QED) is 0.529. The summed E-state index contributed by atoms with van der Waals surface area (Å²) in [5, 5.41) is 15.7. The Kier molecular flexibility index (Phi) is 2.38. The maximum absolute atomic E-state index is 13.0. The molecule has 3 aromatic carbocycles. The van der Waals surface area contributed by atoms with Gasteiger partial charge in [0, 0.05) is 27.5 Å². The lowest BCUT2D eigenvalue weighted by atomic mass is 9.95. The van der Waals surface area contributed by atoms with Crippen molar-refractivity contribution >= 4 is 50.8 Å². The second kappa shape index (κ2) is 4.52. The van der Waals surface area contributed by atoms with Gasteiger partial charge in [-0.05, 0) is 45.8 Å². The van der Waals surface area contributed by atoms with Crippen LogP contribution < -0.4 is 21.1 Å². The molecule has 122 valence electrons. The molecule has 1 heterocycles. The number of aromatic hydroxyl groups is 1. The molecule has 1 aromatic heterocycles. The molecule has 3 heteroatoms. The van der Waals surface area contributed by atoms with Crippen LogP contribution in [-0.2, 0) is 4.79 Å². The number of hydrogen-bond donors (Lipinski definition) is 1. The Morgan fingerprint density at radius 3 is 2.62 bits per heavy atom. The van der Waals surface area contributed by atoms with Crippen molar-refractivity contribution in [3.63, 3.8) is 0 Å². The van der Waals surface area contributed by atoms with E-state index in [1.54, 1.807) is 18.2 Å². The number of para-hydroxylation sites is 1. The van der Waals surface area contributed by atoms with E-state index in [-0.39, 0.29) is 11.5 Å². The molecule has 2 aliphatic rings. The van der Waals surface area contributed by atoms with E-state index < -0.39 is 0 Å². The summed E-state index contributed by atoms with van der Waals surface area (Å²) in [5.41, 5.74) is 2.99. The van der Waals surface area contributed by atoms with Gasteiger partial charge in [0.15, 0.2) is 5.78 Å². The van der Waals surface area contributed by atoms with Crippen LogP contribution in [0.15, 0.2) is 59.0 Å². The van der Waals surface area contributed by atoms with Crippen molar-refractivity contribution in [1.82, 2.24) is 0 Å². The fourth-order valence-electron chi connectivity index (χ4n) is 4.17. The minimum absolute atomic E-state index is 0.0580. The third-order valence-corrected chi connectivity index (χ3v) is 5.26. The summed E-state index contributed by atoms with van der Waals surface area (Å²) >= 11 is 0. The molecule has 0 bridgehead atoms. The van der Waals surface area contributed by atoms with E-state index in [4.69, 9.17) is 4.42 Å². The molecule has 0 unspecified atom stereocenters. The number of ketones is 1. The Bertz CT molecular complexity index is 1550. The molecule has 6 rings (SSSR count). The maximum Gasteiger partial charge on any atom is 0.190 e. The van der Waals surface area contributed by atoms with Crippen LogP contribution >= 0.6 is 0 Å². The van der Waals surface area contributed by atoms with Gasteiger partial charge in [-0.15, -0.1) is 0 Å². The fraction of sp³-hybridized carbons (Fsp3) is 0. The maximum atomic E-state index is 13.0. The second-order valence-electron chi connectivity index (χ2n) is 6.71. The second-order valence-corrected chi connectivity index (χ2v) is 6.71. The number of furan rings is 1. The Morgan fingerprint density at radius 2 is 1.69 bits per heavy atom. The highest BCUT2D eigenvalue weighted by Crippen LogP contribution is 2.24. The molecular weight excluding hydrogens is 324 g/mol. The molecule has 4 aromatic rings. The molecule has 0 spiro atoms. The Hall–Kier alpha value is -3.59. The lowest BCUT2D eigenvalue weighted by Crippen LogP contribution is -2.32. The van der Waals surface area contributed by atoms with E-state index in [9.17, 15) is 9.90 Å². The van der Waals surface area contributed by atoms with Crippen LogP contribution in [0.2, 0.25) is 0 Å². The number of rotatable bonds is 0. The normalized spacial score (nSPS) is 14.8. The number of carbonyl (C=O) groups excluding carboxylic acids is 1. The highest BCUT2D eigenvalue weighted by molar-refractivity contribution is 6.45. The number of phenolic OH excluding ortho intramolecular Hbond substituents is 1. The first kappa shape index (κ1) is 13.7. The zero-order chi connectivity index (χ0) is 17.4. The molecule has 0 atom stereocenters. The van der Waals surface area contributed by atoms with Gasteiger partial charge in [-0.1, -0.05) is 36.4 Å². The Balaban J connectivity index is 1.94. The Morgan fingerprint density at radius 1 is 0.846 bits per heavy atom. The van der Waals surface area contributed by atoms with Crippen LogP contribution in [0.4, 0.5) is 0 Å². The van der Waals surface area contributed by atoms with E-state index in [0.717, 1.165) is 43.0 Å². The van der Waals surface area contributed by atoms with Gasteiger partial charge in [0.2, 0.25) is 0 Å². The summed E-state index contributed by atoms with van der Waals surface area (Å²) in [7, 11) is 0. The largest absolute Gasteiger partial charge is 0.508 e. The summed E-state index contributed by atoms with van der Waals surface area (Å²) < 4.78 is 5.90. The summed E-state index contributed by atoms with van der Waals surface area (Å²) in [4.78, 5) is 13.0. The lowest BCUT2D eigenvalue weighted by Gasteiger charge is -2.06. The van der Waals surface area contributed by atoms with E-state index >= 15 is 0 Å². The average molecular weight is 336 g/mol. The van der Waals surface area contributed by atoms with Crippen LogP contribution in [0.5, 0.6) is 5.75 Å². The predicted octanol–water partition coefficient (Wildman–Crippen LogP) is 1.45. The molecule has 3 nitrogen and oxygen atoms in total. The van der Waals surface area contributed by atoms with E-state index in [1.165, 1.54) is 0 Å². The summed E-state index contributed by atoms with van der Waals surface area (Å²) in [5.74, 6) is 0.138. The third-order valence-electron chi connectivity index (χ3n) is 5.26. The molecule has 0 fully saturated rings. The van der Waals surface area contributed by atoms with Crippen molar-refractivity contribution in [3.05, 3.63) is 75.7 Å². The van der Waals surface area contributed by atoms with Crippen molar-refractivity contribution in [2.45, 2.75) is 0 Å². The Labute approximate surface area is 147 Å². The van der Waals surface area contributed by atoms with Gasteiger partial charge in [0.05, 0.1) is 0 Å². The van der Waals surface area contributed by atoms with Crippen molar-refractivity contribution in [3.8, 4) is 5.75 Å². The first-order valence-electron chi connectivity index (χ1n) is 8.47. The highest BCUT2D eigenvalue weighted by atomic mass is 16.3. The zero-order valence-electron chi connectivity index (χ0n) is 13.6. The minimum Gasteiger partial charge on any atom is -0.508 e. The van der Waals surface area contributed by atoms with Gasteiger partial charge in [-0.3, -0.25) is 4.79 Å². The van der Waals surface area contributed by atoms with Crippen molar-refractivity contribution in [1.29, 1.82) is 0 Å². The number of carbonyl (C=O) groups is 1. The molecule has 1 N–H and O–H groups in total. The predicted molar refractivity (Wildman–Crippen MR) is 101 cm³/mol. The molecule has 0 saturated heterocycles. The highest BCUT2D eigenvalue weighted by Gasteiger charge is 2.25. The van der Waals surface area contributed by atoms with Gasteiger partial charge in [0.1, 0.15) is 16.7 Å². The fourth-order valence-corrected chi connectivity index (χ4v) is 4.17. The molecule has 26 heavy (non-hydrogen) atoms. The third kappa shape index (κ3) is 1.60. The number of phenols is 1. The monoisotopic (exact) mass is 336 g/mol. The van der Waals surface area contributed by atoms with Gasteiger partial charge in [0.25, 0.3) is 0 Å². The number of benzene rings is 3. The topological polar surface area (TPSA) is 50.4 Å². The first-order chi connectivity index (χ1) is 12.7. The van der Waals surface area contributed by atoms with E-state index in [0.29, 0.717) is 11.0 Å². The molecule has 0 radical (unpaired) electrons. The van der Waals surface area contributed by atoms with Gasteiger partial charge in [-0.2, -0.15) is 0 Å². The summed E-state index contributed by atoms with van der Waals surface area (Å²) in [6.07, 6.45) is 3.64. The molecule has 0 saturated carbocycles. The lowest BCUT2D eigenvalue weighted by molar-refractivity contribution is -0.108. The molecule has 2 aliphatic carbocycles. The molecular formula is C23H12O3. The standard InChI is InChI=1S/C23H12O3/c24-14-8-7-12-5-6-13-9-17-22-15-3-1-2-4-19(15)26-20(22)11-18(25)23(17)21(13)16(12)10-14/h1-11,24H. The number of fused-ring (bicyclic) bond motifs is 7. The average Bonchev–Trinajstić information content (AvgIpc) is 3.19. The van der Waals surface area contributed by atoms with Crippen LogP contribution in [0, 0.1) is 0 Å². The smallest absolute Gasteiger partial charge is 0.190 e. The van der Waals surface area contributed by atoms with Crippen molar-refractivity contribution in [2.75, 3.05) is 0 Å². The molecule has 0 aliphatic heterocycles. The van der Waals surface area contributed by atoms with Crippen molar-refractivity contribution in [2.24, 2.45) is 0 Å². The van der Waals surface area contributed by atoms with Crippen LogP contribution in [0.1, 0.15) is 0 Å². The van der Waals surface area contributed by atoms with E-state index in [2.05, 4.69) is 6.08 Å². The van der Waals surface area contributed by atoms with Gasteiger partial charge >= 0.3 is 0 Å². The van der Waals surface area contributed by atoms with Crippen LogP contribution in [0.3, 0.4) is 0 Å². The summed E-state index contributed by atoms with van der Waals surface area (Å²) in [6.45, 7) is 0. The zero-order valence-corrected chi connectivity index (χ0v) is 13.6. The van der Waals surface area contributed by atoms with Crippen LogP contribution in [-0.4, -0.2) is 10.9 Å². The van der Waals surface area contributed by atoms with Crippen LogP contribution in [0.25, 0.3) is 45.0 Å². The number of hydrogen-bond acceptors (Lipinski definition) is 3. The number of Topliss-reactive ketones (excluding diaryl/α,β-unsaturated/α-hetero) is 1. The van der Waals surface area contributed by atoms with Gasteiger partial charge < -0.3 is 9.52 Å². The SMILES string of the molecule is O=C1C=c2oc3ccccc3c2=C2C=c3ccc4ccc(O)cc4c3=C12.